The van der Waals surface area contributed by atoms with Crippen LogP contribution in [-0.2, 0) is 4.79 Å². The fraction of sp³-hybridized carbons (Fsp3) is 0.0500. The molecular formula is C20H17N3O. The molecule has 0 unspecified atom stereocenters. The lowest BCUT2D eigenvalue weighted by atomic mass is 10.1. The van der Waals surface area contributed by atoms with Gasteiger partial charge in [0.15, 0.2) is 0 Å². The van der Waals surface area contributed by atoms with Gasteiger partial charge in [0.2, 0.25) is 5.91 Å². The Balaban J connectivity index is 1.73. The topological polar surface area (TPSA) is 54.9 Å². The van der Waals surface area contributed by atoms with E-state index in [1.807, 2.05) is 67.6 Å². The molecule has 0 radical (unpaired) electrons. The Morgan fingerprint density at radius 3 is 2.67 bits per heavy atom. The van der Waals surface area contributed by atoms with E-state index in [1.54, 1.807) is 12.3 Å². The van der Waals surface area contributed by atoms with E-state index in [1.165, 1.54) is 6.08 Å². The Labute approximate surface area is 140 Å². The molecule has 1 N–H and O–H groups in total. The summed E-state index contributed by atoms with van der Waals surface area (Å²) in [7, 11) is 0. The van der Waals surface area contributed by atoms with Crippen LogP contribution in [0.3, 0.4) is 0 Å². The lowest BCUT2D eigenvalue weighted by molar-refractivity contribution is -0.111. The summed E-state index contributed by atoms with van der Waals surface area (Å²) in [4.78, 5) is 20.6. The molecule has 4 heteroatoms. The van der Waals surface area contributed by atoms with Crippen molar-refractivity contribution in [3.05, 3.63) is 84.3 Å². The highest BCUT2D eigenvalue weighted by Gasteiger charge is 2.03. The van der Waals surface area contributed by atoms with E-state index in [9.17, 15) is 4.79 Å². The lowest BCUT2D eigenvalue weighted by Crippen LogP contribution is -2.07. The molecule has 118 valence electrons. The third-order valence-corrected chi connectivity index (χ3v) is 3.43. The largest absolute Gasteiger partial charge is 0.322 e. The third-order valence-electron chi connectivity index (χ3n) is 3.43. The molecule has 0 spiro atoms. The summed E-state index contributed by atoms with van der Waals surface area (Å²) in [5.74, 6) is 0.544. The van der Waals surface area contributed by atoms with Gasteiger partial charge in [0.05, 0.1) is 5.69 Å². The molecule has 3 aromatic rings. The summed E-state index contributed by atoms with van der Waals surface area (Å²) in [6.07, 6.45) is 5.04. The average Bonchev–Trinajstić information content (AvgIpc) is 2.61. The minimum atomic E-state index is -0.171. The predicted octanol–water partition coefficient (Wildman–Crippen LogP) is 4.10. The van der Waals surface area contributed by atoms with E-state index >= 15 is 0 Å². The Morgan fingerprint density at radius 2 is 1.88 bits per heavy atom. The number of carbonyl (C=O) groups excluding carboxylic acids is 1. The second kappa shape index (κ2) is 7.33. The second-order valence-electron chi connectivity index (χ2n) is 5.30. The second-order valence-corrected chi connectivity index (χ2v) is 5.30. The van der Waals surface area contributed by atoms with Crippen molar-refractivity contribution in [2.24, 2.45) is 0 Å². The molecule has 0 saturated carbocycles. The summed E-state index contributed by atoms with van der Waals surface area (Å²) in [5.41, 5.74) is 3.48. The van der Waals surface area contributed by atoms with Crippen molar-refractivity contribution in [1.29, 1.82) is 0 Å². The standard InChI is InChI=1S/C20H17N3O/c1-15-21-13-12-19(22-15)17-8-5-9-18(14-17)23-20(24)11-10-16-6-3-2-4-7-16/h2-14H,1H3,(H,23,24)/b11-10+. The maximum absolute atomic E-state index is 12.1. The number of nitrogens with zero attached hydrogens (tertiary/aromatic N) is 2. The third kappa shape index (κ3) is 4.14. The van der Waals surface area contributed by atoms with E-state index in [4.69, 9.17) is 0 Å². The highest BCUT2D eigenvalue weighted by Crippen LogP contribution is 2.20. The number of aromatic nitrogens is 2. The zero-order valence-corrected chi connectivity index (χ0v) is 13.3. The molecule has 4 nitrogen and oxygen atoms in total. The van der Waals surface area contributed by atoms with Gasteiger partial charge < -0.3 is 5.32 Å². The van der Waals surface area contributed by atoms with Gasteiger partial charge in [-0.3, -0.25) is 4.79 Å². The van der Waals surface area contributed by atoms with Crippen LogP contribution < -0.4 is 5.32 Å². The normalized spacial score (nSPS) is 10.7. The van der Waals surface area contributed by atoms with Crippen LogP contribution in [-0.4, -0.2) is 15.9 Å². The van der Waals surface area contributed by atoms with E-state index in [0.717, 1.165) is 22.5 Å². The summed E-state index contributed by atoms with van der Waals surface area (Å²) in [6, 6.07) is 19.2. The molecule has 1 heterocycles. The number of benzene rings is 2. The zero-order chi connectivity index (χ0) is 16.8. The summed E-state index contributed by atoms with van der Waals surface area (Å²) in [5, 5.41) is 2.87. The molecular weight excluding hydrogens is 298 g/mol. The van der Waals surface area contributed by atoms with E-state index in [2.05, 4.69) is 15.3 Å². The van der Waals surface area contributed by atoms with Crippen molar-refractivity contribution >= 4 is 17.7 Å². The zero-order valence-electron chi connectivity index (χ0n) is 13.3. The number of hydrogen-bond acceptors (Lipinski definition) is 3. The Kier molecular flexibility index (Phi) is 4.77. The molecule has 1 amide bonds. The molecule has 0 saturated heterocycles. The monoisotopic (exact) mass is 315 g/mol. The smallest absolute Gasteiger partial charge is 0.248 e. The van der Waals surface area contributed by atoms with Crippen LogP contribution in [0.25, 0.3) is 17.3 Å². The number of anilines is 1. The summed E-state index contributed by atoms with van der Waals surface area (Å²) in [6.45, 7) is 1.85. The Hall–Kier alpha value is -3.27. The molecule has 24 heavy (non-hydrogen) atoms. The first-order chi connectivity index (χ1) is 11.7. The average molecular weight is 315 g/mol. The van der Waals surface area contributed by atoms with Gasteiger partial charge in [0, 0.05) is 23.5 Å². The minimum Gasteiger partial charge on any atom is -0.322 e. The molecule has 0 aliphatic rings. The number of amides is 1. The van der Waals surface area contributed by atoms with Crippen molar-refractivity contribution in [2.45, 2.75) is 6.92 Å². The maximum Gasteiger partial charge on any atom is 0.248 e. The summed E-state index contributed by atoms with van der Waals surface area (Å²) < 4.78 is 0. The van der Waals surface area contributed by atoms with Crippen molar-refractivity contribution in [3.63, 3.8) is 0 Å². The van der Waals surface area contributed by atoms with Gasteiger partial charge >= 0.3 is 0 Å². The highest BCUT2D eigenvalue weighted by molar-refractivity contribution is 6.02. The molecule has 0 aliphatic carbocycles. The first-order valence-electron chi connectivity index (χ1n) is 7.65. The maximum atomic E-state index is 12.1. The molecule has 0 bridgehead atoms. The van der Waals surface area contributed by atoms with Crippen molar-refractivity contribution in [2.75, 3.05) is 5.32 Å². The van der Waals surface area contributed by atoms with Crippen LogP contribution in [0, 0.1) is 6.92 Å². The quantitative estimate of drug-likeness (QED) is 0.737. The number of hydrogen-bond donors (Lipinski definition) is 1. The fourth-order valence-electron chi connectivity index (χ4n) is 2.29. The van der Waals surface area contributed by atoms with Gasteiger partial charge in [0.25, 0.3) is 0 Å². The first-order valence-corrected chi connectivity index (χ1v) is 7.65. The number of rotatable bonds is 4. The van der Waals surface area contributed by atoms with Crippen LogP contribution in [0.5, 0.6) is 0 Å². The van der Waals surface area contributed by atoms with Gasteiger partial charge in [-0.25, -0.2) is 9.97 Å². The van der Waals surface area contributed by atoms with Crippen LogP contribution in [0.2, 0.25) is 0 Å². The van der Waals surface area contributed by atoms with Gasteiger partial charge in [0.1, 0.15) is 5.82 Å². The van der Waals surface area contributed by atoms with Crippen LogP contribution in [0.1, 0.15) is 11.4 Å². The Bertz CT molecular complexity index is 873. The lowest BCUT2D eigenvalue weighted by Gasteiger charge is -2.06. The van der Waals surface area contributed by atoms with E-state index in [0.29, 0.717) is 5.82 Å². The van der Waals surface area contributed by atoms with E-state index in [-0.39, 0.29) is 5.91 Å². The number of aryl methyl sites for hydroxylation is 1. The van der Waals surface area contributed by atoms with Crippen molar-refractivity contribution in [3.8, 4) is 11.3 Å². The minimum absolute atomic E-state index is 0.171. The number of nitrogens with one attached hydrogen (secondary N) is 1. The SMILES string of the molecule is Cc1nccc(-c2cccc(NC(=O)/C=C/c3ccccc3)c2)n1. The molecule has 3 rings (SSSR count). The molecule has 2 aromatic carbocycles. The van der Waals surface area contributed by atoms with E-state index < -0.39 is 0 Å². The van der Waals surface area contributed by atoms with Gasteiger partial charge in [-0.05, 0) is 36.8 Å². The molecule has 1 aromatic heterocycles. The van der Waals surface area contributed by atoms with Gasteiger partial charge in [-0.1, -0.05) is 42.5 Å². The van der Waals surface area contributed by atoms with Crippen molar-refractivity contribution < 1.29 is 4.79 Å². The predicted molar refractivity (Wildman–Crippen MR) is 96.3 cm³/mol. The molecule has 0 fully saturated rings. The summed E-state index contributed by atoms with van der Waals surface area (Å²) >= 11 is 0. The van der Waals surface area contributed by atoms with Gasteiger partial charge in [-0.15, -0.1) is 0 Å². The van der Waals surface area contributed by atoms with Gasteiger partial charge in [-0.2, -0.15) is 0 Å². The highest BCUT2D eigenvalue weighted by atomic mass is 16.1. The van der Waals surface area contributed by atoms with Crippen LogP contribution in [0.4, 0.5) is 5.69 Å². The fourth-order valence-corrected chi connectivity index (χ4v) is 2.29. The molecule has 0 atom stereocenters. The van der Waals surface area contributed by atoms with Crippen LogP contribution in [0.15, 0.2) is 72.9 Å². The first kappa shape index (κ1) is 15.6. The van der Waals surface area contributed by atoms with Crippen molar-refractivity contribution in [1.82, 2.24) is 9.97 Å². The van der Waals surface area contributed by atoms with Crippen LogP contribution >= 0.6 is 0 Å². The Morgan fingerprint density at radius 1 is 1.04 bits per heavy atom. The number of carbonyl (C=O) groups is 1. The molecule has 0 aliphatic heterocycles.